The molecule has 1 atom stereocenters. The Hall–Kier alpha value is -3.13. The molecule has 0 saturated carbocycles. The van der Waals surface area contributed by atoms with Gasteiger partial charge in [0.2, 0.25) is 0 Å². The predicted molar refractivity (Wildman–Crippen MR) is 109 cm³/mol. The topological polar surface area (TPSA) is 110 Å². The van der Waals surface area contributed by atoms with Gasteiger partial charge in [-0.25, -0.2) is 4.79 Å². The minimum absolute atomic E-state index is 0.120. The highest BCUT2D eigenvalue weighted by atomic mass is 16.5. The lowest BCUT2D eigenvalue weighted by atomic mass is 9.93. The highest BCUT2D eigenvalue weighted by Crippen LogP contribution is 2.34. The zero-order valence-corrected chi connectivity index (χ0v) is 17.3. The van der Waals surface area contributed by atoms with E-state index in [-0.39, 0.29) is 18.5 Å². The Morgan fingerprint density at radius 3 is 2.80 bits per heavy atom. The van der Waals surface area contributed by atoms with Crippen LogP contribution >= 0.6 is 0 Å². The molecular weight excluding hydrogens is 386 g/mol. The van der Waals surface area contributed by atoms with Crippen LogP contribution in [0, 0.1) is 20.8 Å². The first-order valence-corrected chi connectivity index (χ1v) is 10.00. The first-order valence-electron chi connectivity index (χ1n) is 10.00. The van der Waals surface area contributed by atoms with Crippen molar-refractivity contribution in [2.75, 3.05) is 6.61 Å². The lowest BCUT2D eigenvalue weighted by Crippen LogP contribution is -2.07. The third-order valence-electron chi connectivity index (χ3n) is 5.61. The molecule has 1 aliphatic rings. The van der Waals surface area contributed by atoms with E-state index in [1.807, 2.05) is 26.0 Å². The van der Waals surface area contributed by atoms with Gasteiger partial charge in [-0.15, -0.1) is 0 Å². The fourth-order valence-corrected chi connectivity index (χ4v) is 3.81. The minimum Gasteiger partial charge on any atom is -0.506 e. The Morgan fingerprint density at radius 1 is 1.27 bits per heavy atom. The summed E-state index contributed by atoms with van der Waals surface area (Å²) in [6, 6.07) is 5.54. The van der Waals surface area contributed by atoms with Gasteiger partial charge < -0.3 is 14.6 Å². The standard InChI is InChI=1S/C22H25N3O5/c1-12-9-19(29-11-20-24-22(27)30-25-20)14(3)13(2)16(12)10-15-6-7-17(26)21(23-15)18-5-4-8-28-18/h6-7,9,18,26H,4-5,8,10-11H2,1-3H3,(H,24,25,27). The largest absolute Gasteiger partial charge is 0.506 e. The van der Waals surface area contributed by atoms with Crippen LogP contribution in [0.5, 0.6) is 11.5 Å². The van der Waals surface area contributed by atoms with Crippen molar-refractivity contribution in [3.05, 3.63) is 68.2 Å². The number of hydrogen-bond donors (Lipinski definition) is 2. The van der Waals surface area contributed by atoms with Crippen molar-refractivity contribution in [3.8, 4) is 11.5 Å². The maximum Gasteiger partial charge on any atom is 0.439 e. The molecule has 0 bridgehead atoms. The van der Waals surface area contributed by atoms with Crippen molar-refractivity contribution in [1.29, 1.82) is 0 Å². The molecule has 0 amide bonds. The number of pyridine rings is 1. The Balaban J connectivity index is 1.56. The molecule has 1 saturated heterocycles. The molecule has 0 aliphatic carbocycles. The molecule has 2 aromatic heterocycles. The molecule has 8 heteroatoms. The van der Waals surface area contributed by atoms with E-state index in [4.69, 9.17) is 14.5 Å². The van der Waals surface area contributed by atoms with E-state index in [1.54, 1.807) is 6.07 Å². The lowest BCUT2D eigenvalue weighted by molar-refractivity contribution is 0.106. The second-order valence-corrected chi connectivity index (χ2v) is 7.64. The van der Waals surface area contributed by atoms with Crippen LogP contribution in [0.15, 0.2) is 27.5 Å². The number of benzene rings is 1. The van der Waals surface area contributed by atoms with Gasteiger partial charge in [0.25, 0.3) is 0 Å². The van der Waals surface area contributed by atoms with Crippen molar-refractivity contribution >= 4 is 0 Å². The van der Waals surface area contributed by atoms with Gasteiger partial charge in [0.05, 0.1) is 0 Å². The van der Waals surface area contributed by atoms with Gasteiger partial charge >= 0.3 is 5.76 Å². The van der Waals surface area contributed by atoms with E-state index in [0.717, 1.165) is 41.0 Å². The van der Waals surface area contributed by atoms with Crippen LogP contribution in [0.2, 0.25) is 0 Å². The van der Waals surface area contributed by atoms with Crippen LogP contribution in [0.4, 0.5) is 0 Å². The first kappa shape index (κ1) is 20.2. The number of aryl methyl sites for hydroxylation is 1. The lowest BCUT2D eigenvalue weighted by Gasteiger charge is -2.18. The second-order valence-electron chi connectivity index (χ2n) is 7.64. The summed E-state index contributed by atoms with van der Waals surface area (Å²) in [5.41, 5.74) is 5.89. The van der Waals surface area contributed by atoms with Gasteiger partial charge in [0.1, 0.15) is 29.9 Å². The third kappa shape index (κ3) is 4.09. The van der Waals surface area contributed by atoms with Crippen molar-refractivity contribution in [2.45, 2.75) is 52.7 Å². The summed E-state index contributed by atoms with van der Waals surface area (Å²) in [6.45, 7) is 6.92. The molecule has 2 N–H and O–H groups in total. The van der Waals surface area contributed by atoms with E-state index in [9.17, 15) is 9.90 Å². The monoisotopic (exact) mass is 411 g/mol. The summed E-state index contributed by atoms with van der Waals surface area (Å²) in [4.78, 5) is 18.2. The average molecular weight is 411 g/mol. The molecule has 1 unspecified atom stereocenters. The summed E-state index contributed by atoms with van der Waals surface area (Å²) in [5.74, 6) is 0.659. The molecule has 1 aromatic carbocycles. The van der Waals surface area contributed by atoms with E-state index in [0.29, 0.717) is 24.5 Å². The number of aromatic hydroxyl groups is 1. The van der Waals surface area contributed by atoms with Crippen molar-refractivity contribution in [2.24, 2.45) is 0 Å². The normalized spacial score (nSPS) is 16.2. The van der Waals surface area contributed by atoms with E-state index >= 15 is 0 Å². The van der Waals surface area contributed by atoms with E-state index < -0.39 is 5.76 Å². The van der Waals surface area contributed by atoms with Crippen LogP contribution in [0.1, 0.15) is 58.4 Å². The molecule has 30 heavy (non-hydrogen) atoms. The van der Waals surface area contributed by atoms with Gasteiger partial charge in [-0.2, -0.15) is 0 Å². The second kappa shape index (κ2) is 8.31. The van der Waals surface area contributed by atoms with Gasteiger partial charge in [-0.1, -0.05) is 5.16 Å². The highest BCUT2D eigenvalue weighted by Gasteiger charge is 2.23. The minimum atomic E-state index is -0.600. The van der Waals surface area contributed by atoms with Crippen LogP contribution < -0.4 is 10.5 Å². The highest BCUT2D eigenvalue weighted by molar-refractivity contribution is 5.49. The zero-order valence-electron chi connectivity index (χ0n) is 17.3. The quantitative estimate of drug-likeness (QED) is 0.639. The summed E-state index contributed by atoms with van der Waals surface area (Å²) in [6.07, 6.45) is 2.38. The first-order chi connectivity index (χ1) is 14.4. The number of aromatic nitrogens is 3. The molecule has 0 spiro atoms. The van der Waals surface area contributed by atoms with Crippen molar-refractivity contribution in [1.82, 2.24) is 15.1 Å². The number of nitrogens with one attached hydrogen (secondary N) is 1. The average Bonchev–Trinajstić information content (AvgIpc) is 3.40. The summed E-state index contributed by atoms with van der Waals surface area (Å²) < 4.78 is 16.0. The summed E-state index contributed by atoms with van der Waals surface area (Å²) in [5, 5.41) is 13.8. The fraction of sp³-hybridized carbons (Fsp3) is 0.409. The SMILES string of the molecule is Cc1cc(OCc2noc(=O)[nH]2)c(C)c(C)c1Cc1ccc(O)c(C2CCCO2)n1. The number of hydrogen-bond acceptors (Lipinski definition) is 7. The number of aromatic amines is 1. The number of H-pyrrole nitrogens is 1. The van der Waals surface area contributed by atoms with Gasteiger partial charge in [0, 0.05) is 18.7 Å². The molecule has 1 fully saturated rings. The van der Waals surface area contributed by atoms with Gasteiger partial charge in [-0.3, -0.25) is 14.5 Å². The number of nitrogens with zero attached hydrogens (tertiary/aromatic N) is 2. The van der Waals surface area contributed by atoms with Gasteiger partial charge in [0.15, 0.2) is 5.82 Å². The Kier molecular flexibility index (Phi) is 5.59. The molecule has 4 rings (SSSR count). The number of rotatable bonds is 6. The predicted octanol–water partition coefficient (Wildman–Crippen LogP) is 3.41. The Bertz CT molecular complexity index is 1110. The van der Waals surface area contributed by atoms with Crippen LogP contribution in [0.25, 0.3) is 0 Å². The molecule has 8 nitrogen and oxygen atoms in total. The maximum absolute atomic E-state index is 11.1. The smallest absolute Gasteiger partial charge is 0.439 e. The molecule has 3 aromatic rings. The van der Waals surface area contributed by atoms with Crippen LogP contribution in [-0.4, -0.2) is 26.8 Å². The van der Waals surface area contributed by atoms with Gasteiger partial charge in [-0.05, 0) is 74.1 Å². The Labute approximate surface area is 173 Å². The summed E-state index contributed by atoms with van der Waals surface area (Å²) in [7, 11) is 0. The molecule has 0 radical (unpaired) electrons. The fourth-order valence-electron chi connectivity index (χ4n) is 3.81. The van der Waals surface area contributed by atoms with Crippen LogP contribution in [0.3, 0.4) is 0 Å². The molecule has 3 heterocycles. The number of ether oxygens (including phenoxy) is 2. The molecule has 1 aliphatic heterocycles. The van der Waals surface area contributed by atoms with Crippen molar-refractivity contribution in [3.63, 3.8) is 0 Å². The van der Waals surface area contributed by atoms with Crippen molar-refractivity contribution < 1.29 is 19.1 Å². The Morgan fingerprint density at radius 2 is 2.10 bits per heavy atom. The maximum atomic E-state index is 11.1. The molecular formula is C22H25N3O5. The third-order valence-corrected chi connectivity index (χ3v) is 5.61. The zero-order chi connectivity index (χ0) is 21.3. The van der Waals surface area contributed by atoms with E-state index in [2.05, 4.69) is 21.6 Å². The van der Waals surface area contributed by atoms with Crippen LogP contribution in [-0.2, 0) is 17.8 Å². The summed E-state index contributed by atoms with van der Waals surface area (Å²) >= 11 is 0. The van der Waals surface area contributed by atoms with E-state index in [1.165, 1.54) is 5.56 Å². The molecule has 158 valence electrons.